The van der Waals surface area contributed by atoms with Crippen LogP contribution in [-0.4, -0.2) is 39.8 Å². The number of ether oxygens (including phenoxy) is 2. The van der Waals surface area contributed by atoms with E-state index in [-0.39, 0.29) is 17.7 Å². The quantitative estimate of drug-likeness (QED) is 0.841. The average molecular weight is 306 g/mol. The molecule has 122 valence electrons. The molecule has 5 heteroatoms. The highest BCUT2D eigenvalue weighted by Gasteiger charge is 2.36. The van der Waals surface area contributed by atoms with Gasteiger partial charge in [-0.25, -0.2) is 0 Å². The second kappa shape index (κ2) is 7.49. The van der Waals surface area contributed by atoms with Crippen molar-refractivity contribution < 1.29 is 14.3 Å². The van der Waals surface area contributed by atoms with E-state index in [4.69, 9.17) is 9.47 Å². The van der Waals surface area contributed by atoms with Crippen LogP contribution in [0.2, 0.25) is 0 Å². The number of carbonyl (C=O) groups is 1. The number of rotatable bonds is 6. The molecule has 1 saturated heterocycles. The number of carbonyl (C=O) groups excluding carboxylic acids is 1. The van der Waals surface area contributed by atoms with Gasteiger partial charge in [-0.3, -0.25) is 4.79 Å². The van der Waals surface area contributed by atoms with Crippen molar-refractivity contribution in [1.29, 1.82) is 0 Å². The number of benzene rings is 1. The van der Waals surface area contributed by atoms with Gasteiger partial charge in [0.05, 0.1) is 20.1 Å². The molecule has 2 N–H and O–H groups in total. The molecule has 1 aliphatic rings. The SMILES string of the molecule is COc1cccc(C2CNCC2C(=O)NCC(C)C)c1OC. The third-order valence-electron chi connectivity index (χ3n) is 4.07. The summed E-state index contributed by atoms with van der Waals surface area (Å²) >= 11 is 0. The molecular formula is C17H26N2O3. The summed E-state index contributed by atoms with van der Waals surface area (Å²) in [6, 6.07) is 5.83. The maximum Gasteiger partial charge on any atom is 0.225 e. The monoisotopic (exact) mass is 306 g/mol. The van der Waals surface area contributed by atoms with E-state index < -0.39 is 0 Å². The maximum atomic E-state index is 12.5. The molecule has 1 aromatic carbocycles. The van der Waals surface area contributed by atoms with Gasteiger partial charge in [-0.05, 0) is 12.0 Å². The Morgan fingerprint density at radius 3 is 2.73 bits per heavy atom. The minimum absolute atomic E-state index is 0.0836. The van der Waals surface area contributed by atoms with Crippen molar-refractivity contribution in [3.05, 3.63) is 23.8 Å². The van der Waals surface area contributed by atoms with Crippen LogP contribution in [-0.2, 0) is 4.79 Å². The van der Waals surface area contributed by atoms with E-state index in [1.807, 2.05) is 18.2 Å². The topological polar surface area (TPSA) is 59.6 Å². The summed E-state index contributed by atoms with van der Waals surface area (Å²) in [4.78, 5) is 12.5. The molecule has 1 fully saturated rings. The first-order valence-corrected chi connectivity index (χ1v) is 7.77. The number of para-hydroxylation sites is 1. The van der Waals surface area contributed by atoms with Gasteiger partial charge >= 0.3 is 0 Å². The number of hydrogen-bond acceptors (Lipinski definition) is 4. The zero-order chi connectivity index (χ0) is 16.1. The largest absolute Gasteiger partial charge is 0.493 e. The van der Waals surface area contributed by atoms with Crippen molar-refractivity contribution in [2.75, 3.05) is 33.9 Å². The van der Waals surface area contributed by atoms with Crippen LogP contribution in [0.15, 0.2) is 18.2 Å². The second-order valence-electron chi connectivity index (χ2n) is 6.09. The molecule has 1 aromatic rings. The van der Waals surface area contributed by atoms with Crippen molar-refractivity contribution in [2.24, 2.45) is 11.8 Å². The summed E-state index contributed by atoms with van der Waals surface area (Å²) in [5.74, 6) is 1.99. The molecule has 5 nitrogen and oxygen atoms in total. The Bertz CT molecular complexity index is 517. The Morgan fingerprint density at radius 1 is 1.32 bits per heavy atom. The Balaban J connectivity index is 2.22. The van der Waals surface area contributed by atoms with Gasteiger partial charge in [0.15, 0.2) is 11.5 Å². The fourth-order valence-corrected chi connectivity index (χ4v) is 2.92. The predicted molar refractivity (Wildman–Crippen MR) is 86.5 cm³/mol. The van der Waals surface area contributed by atoms with Crippen LogP contribution < -0.4 is 20.1 Å². The summed E-state index contributed by atoms with van der Waals surface area (Å²) in [5.41, 5.74) is 1.02. The second-order valence-corrected chi connectivity index (χ2v) is 6.09. The van der Waals surface area contributed by atoms with E-state index in [9.17, 15) is 4.79 Å². The summed E-state index contributed by atoms with van der Waals surface area (Å²) in [5, 5.41) is 6.36. The van der Waals surface area contributed by atoms with Gasteiger partial charge in [0.2, 0.25) is 5.91 Å². The van der Waals surface area contributed by atoms with Crippen LogP contribution in [0, 0.1) is 11.8 Å². The zero-order valence-corrected chi connectivity index (χ0v) is 13.8. The standard InChI is InChI=1S/C17H26N2O3/c1-11(2)8-19-17(20)14-10-18-9-13(14)12-6-5-7-15(21-3)16(12)22-4/h5-7,11,13-14,18H,8-10H2,1-4H3,(H,19,20). The fraction of sp³-hybridized carbons (Fsp3) is 0.588. The van der Waals surface area contributed by atoms with Crippen molar-refractivity contribution in [1.82, 2.24) is 10.6 Å². The smallest absolute Gasteiger partial charge is 0.225 e. The molecule has 0 aromatic heterocycles. The zero-order valence-electron chi connectivity index (χ0n) is 13.8. The van der Waals surface area contributed by atoms with Gasteiger partial charge in [0.25, 0.3) is 0 Å². The Kier molecular flexibility index (Phi) is 5.66. The minimum atomic E-state index is -0.0836. The third-order valence-corrected chi connectivity index (χ3v) is 4.07. The first-order chi connectivity index (χ1) is 10.6. The summed E-state index contributed by atoms with van der Waals surface area (Å²) in [6.07, 6.45) is 0. The summed E-state index contributed by atoms with van der Waals surface area (Å²) in [7, 11) is 3.26. The van der Waals surface area contributed by atoms with E-state index in [1.165, 1.54) is 0 Å². The van der Waals surface area contributed by atoms with Gasteiger partial charge < -0.3 is 20.1 Å². The molecule has 1 aliphatic heterocycles. The number of hydrogen-bond donors (Lipinski definition) is 2. The van der Waals surface area contributed by atoms with E-state index in [2.05, 4.69) is 24.5 Å². The average Bonchev–Trinajstić information content (AvgIpc) is 3.00. The highest BCUT2D eigenvalue weighted by atomic mass is 16.5. The van der Waals surface area contributed by atoms with Crippen LogP contribution in [0.4, 0.5) is 0 Å². The van der Waals surface area contributed by atoms with Crippen LogP contribution >= 0.6 is 0 Å². The van der Waals surface area contributed by atoms with Crippen molar-refractivity contribution in [3.8, 4) is 11.5 Å². The summed E-state index contributed by atoms with van der Waals surface area (Å²) in [6.45, 7) is 6.35. The molecule has 0 radical (unpaired) electrons. The predicted octanol–water partition coefficient (Wildman–Crippen LogP) is 1.78. The lowest BCUT2D eigenvalue weighted by molar-refractivity contribution is -0.124. The lowest BCUT2D eigenvalue weighted by atomic mass is 9.87. The normalized spacial score (nSPS) is 21.0. The Morgan fingerprint density at radius 2 is 2.09 bits per heavy atom. The van der Waals surface area contributed by atoms with Crippen LogP contribution in [0.3, 0.4) is 0 Å². The molecule has 0 bridgehead atoms. The highest BCUT2D eigenvalue weighted by Crippen LogP contribution is 2.39. The van der Waals surface area contributed by atoms with Crippen molar-refractivity contribution >= 4 is 5.91 Å². The van der Waals surface area contributed by atoms with Crippen molar-refractivity contribution in [2.45, 2.75) is 19.8 Å². The number of amides is 1. The van der Waals surface area contributed by atoms with Crippen LogP contribution in [0.25, 0.3) is 0 Å². The first kappa shape index (κ1) is 16.6. The molecule has 2 unspecified atom stereocenters. The van der Waals surface area contributed by atoms with Crippen LogP contribution in [0.1, 0.15) is 25.3 Å². The third kappa shape index (κ3) is 3.53. The van der Waals surface area contributed by atoms with Gasteiger partial charge in [0, 0.05) is 31.1 Å². The van der Waals surface area contributed by atoms with Crippen molar-refractivity contribution in [3.63, 3.8) is 0 Å². The molecule has 0 saturated carbocycles. The minimum Gasteiger partial charge on any atom is -0.493 e. The first-order valence-electron chi connectivity index (χ1n) is 7.77. The Hall–Kier alpha value is -1.75. The van der Waals surface area contributed by atoms with Crippen LogP contribution in [0.5, 0.6) is 11.5 Å². The molecular weight excluding hydrogens is 280 g/mol. The maximum absolute atomic E-state index is 12.5. The van der Waals surface area contributed by atoms with Gasteiger partial charge in [-0.1, -0.05) is 26.0 Å². The van der Waals surface area contributed by atoms with Gasteiger partial charge in [0.1, 0.15) is 0 Å². The van der Waals surface area contributed by atoms with E-state index >= 15 is 0 Å². The Labute approximate surface area is 132 Å². The number of methoxy groups -OCH3 is 2. The van der Waals surface area contributed by atoms with Gasteiger partial charge in [-0.2, -0.15) is 0 Å². The number of nitrogens with one attached hydrogen (secondary N) is 2. The fourth-order valence-electron chi connectivity index (χ4n) is 2.92. The van der Waals surface area contributed by atoms with E-state index in [0.29, 0.717) is 24.8 Å². The lowest BCUT2D eigenvalue weighted by Crippen LogP contribution is -2.36. The highest BCUT2D eigenvalue weighted by molar-refractivity contribution is 5.80. The molecule has 0 spiro atoms. The van der Waals surface area contributed by atoms with E-state index in [0.717, 1.165) is 17.9 Å². The molecule has 22 heavy (non-hydrogen) atoms. The van der Waals surface area contributed by atoms with E-state index in [1.54, 1.807) is 14.2 Å². The molecule has 0 aliphatic carbocycles. The lowest BCUT2D eigenvalue weighted by Gasteiger charge is -2.22. The molecule has 1 heterocycles. The molecule has 1 amide bonds. The van der Waals surface area contributed by atoms with Gasteiger partial charge in [-0.15, -0.1) is 0 Å². The summed E-state index contributed by atoms with van der Waals surface area (Å²) < 4.78 is 10.9. The molecule has 2 atom stereocenters. The molecule has 2 rings (SSSR count).